The standard InChI is InChI=1S/C9H15NO2S3/c1-3-5-14-9(13)10(2)8-4-6-15(11,12)7-8/h3,8H,1,4-7H2,2H3/t8-/m1/s1. The van der Waals surface area contributed by atoms with Gasteiger partial charge in [0.15, 0.2) is 9.84 Å². The lowest BCUT2D eigenvalue weighted by Gasteiger charge is -2.25. The van der Waals surface area contributed by atoms with Gasteiger partial charge in [-0.15, -0.1) is 6.58 Å². The van der Waals surface area contributed by atoms with E-state index in [0.717, 1.165) is 10.1 Å². The van der Waals surface area contributed by atoms with E-state index >= 15 is 0 Å². The van der Waals surface area contributed by atoms with Crippen molar-refractivity contribution >= 4 is 38.1 Å². The van der Waals surface area contributed by atoms with E-state index in [2.05, 4.69) is 6.58 Å². The summed E-state index contributed by atoms with van der Waals surface area (Å²) >= 11 is 6.72. The highest BCUT2D eigenvalue weighted by atomic mass is 32.2. The second-order valence-electron chi connectivity index (χ2n) is 3.53. The second kappa shape index (κ2) is 5.32. The van der Waals surface area contributed by atoms with Crippen LogP contribution in [0.15, 0.2) is 12.7 Å². The summed E-state index contributed by atoms with van der Waals surface area (Å²) in [6.45, 7) is 3.62. The monoisotopic (exact) mass is 265 g/mol. The molecule has 0 aromatic rings. The zero-order chi connectivity index (χ0) is 11.5. The van der Waals surface area contributed by atoms with Crippen LogP contribution in [-0.2, 0) is 9.84 Å². The molecule has 0 spiro atoms. The molecular weight excluding hydrogens is 250 g/mol. The lowest BCUT2D eigenvalue weighted by atomic mass is 10.2. The van der Waals surface area contributed by atoms with Gasteiger partial charge in [0.1, 0.15) is 4.32 Å². The first-order valence-corrected chi connectivity index (χ1v) is 7.88. The van der Waals surface area contributed by atoms with E-state index in [1.807, 2.05) is 11.9 Å². The van der Waals surface area contributed by atoms with Crippen LogP contribution < -0.4 is 0 Å². The van der Waals surface area contributed by atoms with Gasteiger partial charge in [0.05, 0.1) is 11.5 Å². The normalized spacial score (nSPS) is 23.7. The number of sulfone groups is 1. The largest absolute Gasteiger partial charge is 0.357 e. The minimum atomic E-state index is -2.83. The van der Waals surface area contributed by atoms with Gasteiger partial charge in [-0.05, 0) is 6.42 Å². The fraction of sp³-hybridized carbons (Fsp3) is 0.667. The number of hydrogen-bond donors (Lipinski definition) is 0. The van der Waals surface area contributed by atoms with Crippen LogP contribution in [0.25, 0.3) is 0 Å². The number of thiocarbonyl (C=S) groups is 1. The van der Waals surface area contributed by atoms with Crippen molar-refractivity contribution in [1.29, 1.82) is 0 Å². The molecule has 1 rings (SSSR count). The van der Waals surface area contributed by atoms with Gasteiger partial charge in [-0.3, -0.25) is 0 Å². The van der Waals surface area contributed by atoms with E-state index in [0.29, 0.717) is 6.42 Å². The molecule has 15 heavy (non-hydrogen) atoms. The first-order chi connectivity index (χ1) is 6.96. The third-order valence-electron chi connectivity index (χ3n) is 2.37. The average molecular weight is 265 g/mol. The van der Waals surface area contributed by atoms with Crippen LogP contribution in [-0.4, -0.2) is 48.0 Å². The van der Waals surface area contributed by atoms with Gasteiger partial charge in [-0.25, -0.2) is 8.42 Å². The molecular formula is C9H15NO2S3. The zero-order valence-electron chi connectivity index (χ0n) is 8.68. The molecule has 0 aromatic heterocycles. The lowest BCUT2D eigenvalue weighted by molar-refractivity contribution is 0.409. The molecule has 1 aliphatic heterocycles. The average Bonchev–Trinajstić information content (AvgIpc) is 2.54. The van der Waals surface area contributed by atoms with Crippen molar-refractivity contribution in [2.75, 3.05) is 24.3 Å². The van der Waals surface area contributed by atoms with Crippen molar-refractivity contribution < 1.29 is 8.42 Å². The van der Waals surface area contributed by atoms with Crippen molar-refractivity contribution in [2.24, 2.45) is 0 Å². The topological polar surface area (TPSA) is 37.4 Å². The summed E-state index contributed by atoms with van der Waals surface area (Å²) in [6, 6.07) is 0.0554. The Labute approximate surface area is 101 Å². The molecule has 0 bridgehead atoms. The van der Waals surface area contributed by atoms with Crippen molar-refractivity contribution in [3.8, 4) is 0 Å². The van der Waals surface area contributed by atoms with E-state index in [1.54, 1.807) is 6.08 Å². The van der Waals surface area contributed by atoms with E-state index in [9.17, 15) is 8.42 Å². The van der Waals surface area contributed by atoms with Gasteiger partial charge in [-0.2, -0.15) is 0 Å². The van der Waals surface area contributed by atoms with E-state index in [-0.39, 0.29) is 17.5 Å². The molecule has 0 radical (unpaired) electrons. The van der Waals surface area contributed by atoms with Crippen LogP contribution in [0.3, 0.4) is 0 Å². The summed E-state index contributed by atoms with van der Waals surface area (Å²) in [5.41, 5.74) is 0. The summed E-state index contributed by atoms with van der Waals surface area (Å²) in [5, 5.41) is 0. The smallest absolute Gasteiger partial charge is 0.152 e. The SMILES string of the molecule is C=CCSC(=S)N(C)[C@@H]1CCS(=O)(=O)C1. The third-order valence-corrected chi connectivity index (χ3v) is 5.70. The van der Waals surface area contributed by atoms with E-state index in [1.165, 1.54) is 11.8 Å². The van der Waals surface area contributed by atoms with Crippen LogP contribution in [0.1, 0.15) is 6.42 Å². The van der Waals surface area contributed by atoms with Crippen molar-refractivity contribution in [3.63, 3.8) is 0 Å². The molecule has 3 nitrogen and oxygen atoms in total. The molecule has 6 heteroatoms. The van der Waals surface area contributed by atoms with Gasteiger partial charge in [0.25, 0.3) is 0 Å². The van der Waals surface area contributed by atoms with Gasteiger partial charge in [0, 0.05) is 18.8 Å². The Morgan fingerprint density at radius 1 is 1.73 bits per heavy atom. The maximum atomic E-state index is 11.3. The Bertz CT molecular complexity index is 350. The summed E-state index contributed by atoms with van der Waals surface area (Å²) in [4.78, 5) is 1.90. The summed E-state index contributed by atoms with van der Waals surface area (Å²) in [7, 11) is -0.960. The minimum Gasteiger partial charge on any atom is -0.357 e. The second-order valence-corrected chi connectivity index (χ2v) is 7.42. The third kappa shape index (κ3) is 3.77. The molecule has 86 valence electrons. The molecule has 1 fully saturated rings. The number of rotatable bonds is 3. The van der Waals surface area contributed by atoms with Gasteiger partial charge in [-0.1, -0.05) is 30.1 Å². The molecule has 0 N–H and O–H groups in total. The van der Waals surface area contributed by atoms with Gasteiger partial charge >= 0.3 is 0 Å². The van der Waals surface area contributed by atoms with Crippen molar-refractivity contribution in [2.45, 2.75) is 12.5 Å². The summed E-state index contributed by atoms with van der Waals surface area (Å²) < 4.78 is 23.3. The zero-order valence-corrected chi connectivity index (χ0v) is 11.1. The van der Waals surface area contributed by atoms with E-state index < -0.39 is 9.84 Å². The highest BCUT2D eigenvalue weighted by molar-refractivity contribution is 8.23. The van der Waals surface area contributed by atoms with Crippen molar-refractivity contribution in [1.82, 2.24) is 4.90 Å². The Hall–Kier alpha value is -0.0700. The minimum absolute atomic E-state index is 0.0554. The van der Waals surface area contributed by atoms with Gasteiger partial charge in [0.2, 0.25) is 0 Å². The van der Waals surface area contributed by atoms with Crippen LogP contribution in [0.5, 0.6) is 0 Å². The Morgan fingerprint density at radius 3 is 2.87 bits per heavy atom. The number of nitrogens with zero attached hydrogens (tertiary/aromatic N) is 1. The van der Waals surface area contributed by atoms with Crippen LogP contribution in [0.2, 0.25) is 0 Å². The fourth-order valence-electron chi connectivity index (χ4n) is 1.46. The summed E-state index contributed by atoms with van der Waals surface area (Å²) in [5.74, 6) is 1.29. The molecule has 0 aromatic carbocycles. The fourth-order valence-corrected chi connectivity index (χ4v) is 4.20. The quantitative estimate of drug-likeness (QED) is 0.568. The highest BCUT2D eigenvalue weighted by Gasteiger charge is 2.31. The first kappa shape index (κ1) is 13.0. The number of thioether (sulfide) groups is 1. The molecule has 0 saturated carbocycles. The number of hydrogen-bond acceptors (Lipinski definition) is 4. The highest BCUT2D eigenvalue weighted by Crippen LogP contribution is 2.20. The van der Waals surface area contributed by atoms with E-state index in [4.69, 9.17) is 12.2 Å². The van der Waals surface area contributed by atoms with Crippen molar-refractivity contribution in [3.05, 3.63) is 12.7 Å². The predicted octanol–water partition coefficient (Wildman–Crippen LogP) is 1.31. The molecule has 1 atom stereocenters. The molecule has 1 heterocycles. The summed E-state index contributed by atoms with van der Waals surface area (Å²) in [6.07, 6.45) is 2.48. The Balaban J connectivity index is 2.51. The molecule has 1 saturated heterocycles. The molecule has 0 aliphatic carbocycles. The lowest BCUT2D eigenvalue weighted by Crippen LogP contribution is -2.35. The van der Waals surface area contributed by atoms with Crippen LogP contribution in [0, 0.1) is 0 Å². The Kier molecular flexibility index (Phi) is 4.61. The van der Waals surface area contributed by atoms with Crippen LogP contribution in [0.4, 0.5) is 0 Å². The van der Waals surface area contributed by atoms with Crippen LogP contribution >= 0.6 is 24.0 Å². The maximum Gasteiger partial charge on any atom is 0.152 e. The first-order valence-electron chi connectivity index (χ1n) is 4.67. The predicted molar refractivity (Wildman–Crippen MR) is 70.1 cm³/mol. The molecule has 0 amide bonds. The molecule has 0 unspecified atom stereocenters. The molecule has 1 aliphatic rings. The Morgan fingerprint density at radius 2 is 2.40 bits per heavy atom. The maximum absolute atomic E-state index is 11.3. The van der Waals surface area contributed by atoms with Gasteiger partial charge < -0.3 is 4.90 Å².